The second kappa shape index (κ2) is 10.1. The maximum atomic E-state index is 13.2. The number of rotatable bonds is 8. The third kappa shape index (κ3) is 5.55. The smallest absolute Gasteiger partial charge is 0.339 e. The van der Waals surface area contributed by atoms with Crippen molar-refractivity contribution < 1.29 is 22.7 Å². The maximum Gasteiger partial charge on any atom is 0.339 e. The number of nitrogens with two attached hydrogens (primary N) is 1. The van der Waals surface area contributed by atoms with Crippen molar-refractivity contribution in [2.24, 2.45) is 5.14 Å². The normalized spacial score (nSPS) is 12.4. The number of fused-ring (bicyclic) bond motifs is 1. The van der Waals surface area contributed by atoms with Crippen molar-refractivity contribution in [3.63, 3.8) is 0 Å². The molecule has 0 spiro atoms. The van der Waals surface area contributed by atoms with Gasteiger partial charge in [-0.25, -0.2) is 18.4 Å². The average Bonchev–Trinajstić information content (AvgIpc) is 2.78. The zero-order valence-corrected chi connectivity index (χ0v) is 19.6. The summed E-state index contributed by atoms with van der Waals surface area (Å²) in [7, 11) is -3.83. The van der Waals surface area contributed by atoms with Crippen LogP contribution in [-0.4, -0.2) is 31.4 Å². The molecule has 174 valence electrons. The van der Waals surface area contributed by atoms with E-state index in [9.17, 15) is 18.0 Å². The van der Waals surface area contributed by atoms with E-state index in [0.717, 1.165) is 24.1 Å². The molecule has 1 heterocycles. The molecule has 2 aromatic carbocycles. The third-order valence-corrected chi connectivity index (χ3v) is 6.16. The van der Waals surface area contributed by atoms with Crippen LogP contribution in [0.15, 0.2) is 53.4 Å². The first-order valence-corrected chi connectivity index (χ1v) is 12.3. The van der Waals surface area contributed by atoms with Gasteiger partial charge in [0.25, 0.3) is 5.91 Å². The zero-order valence-electron chi connectivity index (χ0n) is 18.8. The van der Waals surface area contributed by atoms with E-state index in [1.165, 1.54) is 31.2 Å². The topological polar surface area (TPSA) is 128 Å². The minimum atomic E-state index is -3.83. The highest BCUT2D eigenvalue weighted by Crippen LogP contribution is 2.26. The van der Waals surface area contributed by atoms with Crippen LogP contribution >= 0.6 is 0 Å². The Labute approximate surface area is 193 Å². The predicted octanol–water partition coefficient (Wildman–Crippen LogP) is 3.58. The van der Waals surface area contributed by atoms with Gasteiger partial charge in [-0.05, 0) is 55.7 Å². The molecule has 1 atom stereocenters. The molecule has 0 fully saturated rings. The first-order chi connectivity index (χ1) is 15.7. The van der Waals surface area contributed by atoms with Gasteiger partial charge in [0, 0.05) is 16.8 Å². The first kappa shape index (κ1) is 24.3. The van der Waals surface area contributed by atoms with Crippen molar-refractivity contribution in [1.29, 1.82) is 0 Å². The van der Waals surface area contributed by atoms with Crippen molar-refractivity contribution in [3.8, 4) is 0 Å². The van der Waals surface area contributed by atoms with Gasteiger partial charge >= 0.3 is 5.97 Å². The van der Waals surface area contributed by atoms with Crippen LogP contribution in [0.1, 0.15) is 48.8 Å². The van der Waals surface area contributed by atoms with Crippen LogP contribution < -0.4 is 10.5 Å². The van der Waals surface area contributed by atoms with Gasteiger partial charge in [-0.3, -0.25) is 9.78 Å². The number of hydrogen-bond donors (Lipinski definition) is 2. The lowest BCUT2D eigenvalue weighted by Gasteiger charge is -2.18. The molecule has 0 saturated heterocycles. The Balaban J connectivity index is 1.83. The number of benzene rings is 2. The summed E-state index contributed by atoms with van der Waals surface area (Å²) in [6.07, 6.45) is 1.14. The van der Waals surface area contributed by atoms with Gasteiger partial charge < -0.3 is 10.1 Å². The molecule has 3 N–H and O–H groups in total. The van der Waals surface area contributed by atoms with E-state index in [0.29, 0.717) is 28.6 Å². The summed E-state index contributed by atoms with van der Waals surface area (Å²) in [5, 5.41) is 8.38. The number of para-hydroxylation sites is 1. The maximum absolute atomic E-state index is 13.2. The number of esters is 1. The van der Waals surface area contributed by atoms with Crippen molar-refractivity contribution in [1.82, 2.24) is 4.98 Å². The zero-order chi connectivity index (χ0) is 24.2. The molecule has 3 aromatic rings. The second-order valence-corrected chi connectivity index (χ2v) is 9.20. The number of ether oxygens (including phenoxy) is 1. The molecule has 9 heteroatoms. The van der Waals surface area contributed by atoms with Gasteiger partial charge in [-0.2, -0.15) is 0 Å². The van der Waals surface area contributed by atoms with Crippen LogP contribution in [0.25, 0.3) is 10.9 Å². The van der Waals surface area contributed by atoms with E-state index in [4.69, 9.17) is 14.9 Å². The number of nitrogens with zero attached hydrogens (tertiary/aromatic N) is 1. The third-order valence-electron chi connectivity index (χ3n) is 5.23. The Morgan fingerprint density at radius 3 is 2.36 bits per heavy atom. The van der Waals surface area contributed by atoms with Gasteiger partial charge in [0.15, 0.2) is 6.10 Å². The molecular weight excluding hydrogens is 442 g/mol. The Morgan fingerprint density at radius 2 is 1.76 bits per heavy atom. The van der Waals surface area contributed by atoms with E-state index in [1.54, 1.807) is 0 Å². The van der Waals surface area contributed by atoms with Crippen molar-refractivity contribution >= 4 is 38.5 Å². The van der Waals surface area contributed by atoms with Crippen molar-refractivity contribution in [2.75, 3.05) is 5.32 Å². The number of sulfonamides is 1. The summed E-state index contributed by atoms with van der Waals surface area (Å²) in [5.74, 6) is -1.13. The summed E-state index contributed by atoms with van der Waals surface area (Å²) in [6.45, 7) is 5.49. The van der Waals surface area contributed by atoms with Crippen LogP contribution in [0.2, 0.25) is 0 Å². The van der Waals surface area contributed by atoms with Crippen LogP contribution in [0.3, 0.4) is 0 Å². The average molecular weight is 470 g/mol. The van der Waals surface area contributed by atoms with E-state index < -0.39 is 28.0 Å². The van der Waals surface area contributed by atoms with E-state index in [-0.39, 0.29) is 4.90 Å². The number of anilines is 1. The molecule has 0 aliphatic rings. The summed E-state index contributed by atoms with van der Waals surface area (Å²) >= 11 is 0. The van der Waals surface area contributed by atoms with Crippen LogP contribution in [0.5, 0.6) is 0 Å². The molecule has 8 nitrogen and oxygen atoms in total. The number of nitrogens with one attached hydrogen (secondary N) is 1. The van der Waals surface area contributed by atoms with Gasteiger partial charge in [0.05, 0.1) is 16.0 Å². The molecule has 1 amide bonds. The highest BCUT2D eigenvalue weighted by atomic mass is 32.2. The van der Waals surface area contributed by atoms with E-state index >= 15 is 0 Å². The predicted molar refractivity (Wildman–Crippen MR) is 126 cm³/mol. The molecule has 0 bridgehead atoms. The molecule has 33 heavy (non-hydrogen) atoms. The summed E-state index contributed by atoms with van der Waals surface area (Å²) in [5.41, 5.74) is 3.18. The Bertz CT molecular complexity index is 1290. The second-order valence-electron chi connectivity index (χ2n) is 7.64. The number of carbonyl (C=O) groups excluding carboxylic acids is 2. The van der Waals surface area contributed by atoms with E-state index in [2.05, 4.69) is 12.2 Å². The highest BCUT2D eigenvalue weighted by molar-refractivity contribution is 7.89. The molecule has 1 aromatic heterocycles. The van der Waals surface area contributed by atoms with E-state index in [1.807, 2.05) is 31.2 Å². The number of pyridine rings is 1. The molecule has 0 aliphatic carbocycles. The lowest BCUT2D eigenvalue weighted by Crippen LogP contribution is -2.30. The number of carbonyl (C=O) groups is 2. The molecule has 0 radical (unpaired) electrons. The minimum Gasteiger partial charge on any atom is -0.449 e. The van der Waals surface area contributed by atoms with Crippen LogP contribution in [-0.2, 0) is 32.4 Å². The fraction of sp³-hybridized carbons (Fsp3) is 0.292. The molecule has 0 unspecified atom stereocenters. The first-order valence-electron chi connectivity index (χ1n) is 10.7. The van der Waals surface area contributed by atoms with Gasteiger partial charge in [0.2, 0.25) is 10.0 Å². The molecule has 3 rings (SSSR count). The van der Waals surface area contributed by atoms with Crippen molar-refractivity contribution in [2.45, 2.75) is 51.0 Å². The summed E-state index contributed by atoms with van der Waals surface area (Å²) in [4.78, 5) is 30.5. The van der Waals surface area contributed by atoms with Gasteiger partial charge in [-0.15, -0.1) is 0 Å². The fourth-order valence-electron chi connectivity index (χ4n) is 3.60. The Hall–Kier alpha value is -3.30. The van der Waals surface area contributed by atoms with Gasteiger partial charge in [-0.1, -0.05) is 38.5 Å². The molecular formula is C24H27N3O5S. The number of hydrogen-bond acceptors (Lipinski definition) is 6. The number of primary sulfonamides is 1. The van der Waals surface area contributed by atoms with Crippen molar-refractivity contribution in [3.05, 3.63) is 65.4 Å². The SMILES string of the molecule is CCCc1nc2ccccc2c(C(=O)O[C@H](C)C(=O)Nc2ccc(S(N)(=O)=O)cc2)c1CC. The largest absolute Gasteiger partial charge is 0.449 e. The Kier molecular flexibility index (Phi) is 7.45. The lowest BCUT2D eigenvalue weighted by atomic mass is 9.96. The quantitative estimate of drug-likeness (QED) is 0.485. The fourth-order valence-corrected chi connectivity index (χ4v) is 4.12. The highest BCUT2D eigenvalue weighted by Gasteiger charge is 2.25. The lowest BCUT2D eigenvalue weighted by molar-refractivity contribution is -0.123. The summed E-state index contributed by atoms with van der Waals surface area (Å²) < 4.78 is 28.3. The Morgan fingerprint density at radius 1 is 1.09 bits per heavy atom. The van der Waals surface area contributed by atoms with Crippen LogP contribution in [0.4, 0.5) is 5.69 Å². The standard InChI is InChI=1S/C24H27N3O5S/c1-4-8-20-18(5-2)22(19-9-6-7-10-21(19)27-20)24(29)32-15(3)23(28)26-16-11-13-17(14-12-16)33(25,30)31/h6-7,9-15H,4-5,8H2,1-3H3,(H,26,28)(H2,25,30,31)/t15-/m1/s1. The number of aromatic nitrogens is 1. The summed E-state index contributed by atoms with van der Waals surface area (Å²) in [6, 6.07) is 12.8. The monoisotopic (exact) mass is 469 g/mol. The number of amides is 1. The molecule has 0 saturated carbocycles. The minimum absolute atomic E-state index is 0.0699. The number of aryl methyl sites for hydroxylation is 1. The molecule has 0 aliphatic heterocycles. The van der Waals surface area contributed by atoms with Crippen LogP contribution in [0, 0.1) is 0 Å². The van der Waals surface area contributed by atoms with Gasteiger partial charge in [0.1, 0.15) is 0 Å².